The van der Waals surface area contributed by atoms with Crippen molar-refractivity contribution in [2.75, 3.05) is 0 Å². The van der Waals surface area contributed by atoms with E-state index in [4.69, 9.17) is 0 Å². The van der Waals surface area contributed by atoms with Gasteiger partial charge in [0.15, 0.2) is 0 Å². The van der Waals surface area contributed by atoms with E-state index in [1.807, 2.05) is 0 Å². The smallest absolute Gasteiger partial charge is 0.0247 e. The Kier molecular flexibility index (Phi) is 1.16. The van der Waals surface area contributed by atoms with Gasteiger partial charge in [-0.1, -0.05) is 12.2 Å². The summed E-state index contributed by atoms with van der Waals surface area (Å²) in [6.07, 6.45) is 8.97. The molecule has 0 saturated carbocycles. The summed E-state index contributed by atoms with van der Waals surface area (Å²) in [7, 11) is 2.11. The quantitative estimate of drug-likeness (QED) is 0.510. The van der Waals surface area contributed by atoms with Gasteiger partial charge in [0.25, 0.3) is 0 Å². The fourth-order valence-corrected chi connectivity index (χ4v) is 1.48. The maximum atomic E-state index is 2.24. The highest BCUT2D eigenvalue weighted by Crippen LogP contribution is 2.18. The van der Waals surface area contributed by atoms with Crippen LogP contribution in [0.25, 0.3) is 6.08 Å². The fourth-order valence-electron chi connectivity index (χ4n) is 1.48. The third-order valence-electron chi connectivity index (χ3n) is 2.08. The van der Waals surface area contributed by atoms with Crippen LogP contribution in [0.2, 0.25) is 0 Å². The van der Waals surface area contributed by atoms with E-state index in [1.165, 1.54) is 24.1 Å². The topological polar surface area (TPSA) is 4.93 Å². The number of hydrogen-bond acceptors (Lipinski definition) is 0. The van der Waals surface area contributed by atoms with Crippen LogP contribution in [-0.2, 0) is 13.5 Å². The number of rotatable bonds is 0. The monoisotopic (exact) mass is 133 g/mol. The maximum Gasteiger partial charge on any atom is 0.0247 e. The minimum Gasteiger partial charge on any atom is -0.354 e. The molecule has 0 atom stereocenters. The molecular weight excluding hydrogens is 122 g/mol. The van der Waals surface area contributed by atoms with Crippen LogP contribution in [0.4, 0.5) is 0 Å². The van der Waals surface area contributed by atoms with Gasteiger partial charge in [-0.15, -0.1) is 0 Å². The highest BCUT2D eigenvalue weighted by Gasteiger charge is 2.05. The summed E-state index contributed by atoms with van der Waals surface area (Å²) in [5.74, 6) is 0. The van der Waals surface area contributed by atoms with Gasteiger partial charge in [-0.25, -0.2) is 0 Å². The van der Waals surface area contributed by atoms with Gasteiger partial charge in [0.1, 0.15) is 0 Å². The van der Waals surface area contributed by atoms with Crippen LogP contribution in [0, 0.1) is 0 Å². The second-order valence-electron chi connectivity index (χ2n) is 2.77. The first kappa shape index (κ1) is 5.78. The van der Waals surface area contributed by atoms with E-state index in [9.17, 15) is 0 Å². The number of aromatic nitrogens is 1. The summed E-state index contributed by atoms with van der Waals surface area (Å²) in [6.45, 7) is 0. The zero-order valence-electron chi connectivity index (χ0n) is 6.17. The molecule has 0 aromatic carbocycles. The van der Waals surface area contributed by atoms with Crippen molar-refractivity contribution >= 4 is 6.08 Å². The van der Waals surface area contributed by atoms with Crippen molar-refractivity contribution < 1.29 is 0 Å². The van der Waals surface area contributed by atoms with E-state index >= 15 is 0 Å². The van der Waals surface area contributed by atoms with Crippen molar-refractivity contribution in [1.29, 1.82) is 0 Å². The third-order valence-corrected chi connectivity index (χ3v) is 2.08. The first-order valence-corrected chi connectivity index (χ1v) is 3.68. The van der Waals surface area contributed by atoms with Crippen LogP contribution < -0.4 is 0 Å². The molecule has 1 heteroatoms. The van der Waals surface area contributed by atoms with Crippen LogP contribution >= 0.6 is 0 Å². The van der Waals surface area contributed by atoms with Gasteiger partial charge in [0.2, 0.25) is 0 Å². The molecule has 0 saturated heterocycles. The van der Waals surface area contributed by atoms with E-state index in [-0.39, 0.29) is 0 Å². The highest BCUT2D eigenvalue weighted by atomic mass is 14.9. The van der Waals surface area contributed by atoms with Gasteiger partial charge >= 0.3 is 0 Å². The molecule has 0 unspecified atom stereocenters. The second-order valence-corrected chi connectivity index (χ2v) is 2.77. The predicted octanol–water partition coefficient (Wildman–Crippen LogP) is 1.98. The number of fused-ring (bicyclic) bond motifs is 1. The van der Waals surface area contributed by atoms with Crippen LogP contribution in [0.3, 0.4) is 0 Å². The number of nitrogens with zero attached hydrogens (tertiary/aromatic N) is 1. The molecule has 2 rings (SSSR count). The third kappa shape index (κ3) is 0.703. The SMILES string of the molecule is Cn1ccc2c1CCC=C2. The molecule has 0 fully saturated rings. The molecule has 0 amide bonds. The van der Waals surface area contributed by atoms with Gasteiger partial charge in [-0.2, -0.15) is 0 Å². The molecule has 1 aromatic heterocycles. The minimum atomic E-state index is 1.20. The normalized spacial score (nSPS) is 15.3. The first-order chi connectivity index (χ1) is 4.88. The predicted molar refractivity (Wildman–Crippen MR) is 42.8 cm³/mol. The van der Waals surface area contributed by atoms with E-state index in [1.54, 1.807) is 0 Å². The molecule has 1 heterocycles. The van der Waals surface area contributed by atoms with Crippen molar-refractivity contribution in [2.45, 2.75) is 12.8 Å². The van der Waals surface area contributed by atoms with Gasteiger partial charge in [-0.05, 0) is 24.5 Å². The molecule has 1 aliphatic carbocycles. The van der Waals surface area contributed by atoms with Crippen molar-refractivity contribution in [3.8, 4) is 0 Å². The van der Waals surface area contributed by atoms with Crippen molar-refractivity contribution in [2.24, 2.45) is 7.05 Å². The van der Waals surface area contributed by atoms with Crippen LogP contribution in [-0.4, -0.2) is 4.57 Å². The van der Waals surface area contributed by atoms with Gasteiger partial charge in [-0.3, -0.25) is 0 Å². The number of allylic oxidation sites excluding steroid dienone is 1. The Morgan fingerprint density at radius 1 is 1.50 bits per heavy atom. The van der Waals surface area contributed by atoms with E-state index in [2.05, 4.69) is 36.0 Å². The second kappa shape index (κ2) is 2.01. The lowest BCUT2D eigenvalue weighted by atomic mass is 10.1. The lowest BCUT2D eigenvalue weighted by Crippen LogP contribution is -1.98. The molecular formula is C9H11N. The standard InChI is InChI=1S/C9H11N/c1-10-7-6-8-4-2-3-5-9(8)10/h2,4,6-7H,3,5H2,1H3. The summed E-state index contributed by atoms with van der Waals surface area (Å²) in [5.41, 5.74) is 2.87. The molecule has 0 bridgehead atoms. The fraction of sp³-hybridized carbons (Fsp3) is 0.333. The molecule has 52 valence electrons. The molecule has 0 spiro atoms. The van der Waals surface area contributed by atoms with Crippen molar-refractivity contribution in [3.63, 3.8) is 0 Å². The summed E-state index contributed by atoms with van der Waals surface area (Å²) in [4.78, 5) is 0. The van der Waals surface area contributed by atoms with Gasteiger partial charge in [0.05, 0.1) is 0 Å². The van der Waals surface area contributed by atoms with Crippen molar-refractivity contribution in [3.05, 3.63) is 29.6 Å². The van der Waals surface area contributed by atoms with E-state index < -0.39 is 0 Å². The summed E-state index contributed by atoms with van der Waals surface area (Å²) >= 11 is 0. The Balaban J connectivity index is 2.57. The molecule has 0 N–H and O–H groups in total. The average Bonchev–Trinajstić information content (AvgIpc) is 2.34. The lowest BCUT2D eigenvalue weighted by molar-refractivity contribution is 0.804. The van der Waals surface area contributed by atoms with Gasteiger partial charge < -0.3 is 4.57 Å². The van der Waals surface area contributed by atoms with Crippen LogP contribution in [0.5, 0.6) is 0 Å². The lowest BCUT2D eigenvalue weighted by Gasteiger charge is -2.06. The van der Waals surface area contributed by atoms with Crippen LogP contribution in [0.1, 0.15) is 17.7 Å². The molecule has 1 nitrogen and oxygen atoms in total. The molecule has 0 aliphatic heterocycles. The Morgan fingerprint density at radius 3 is 3.20 bits per heavy atom. The Morgan fingerprint density at radius 2 is 2.40 bits per heavy atom. The first-order valence-electron chi connectivity index (χ1n) is 3.68. The summed E-state index contributed by atoms with van der Waals surface area (Å²) in [6, 6.07) is 2.17. The minimum absolute atomic E-state index is 1.20. The molecule has 1 aliphatic rings. The Bertz CT molecular complexity index is 268. The zero-order chi connectivity index (χ0) is 6.97. The van der Waals surface area contributed by atoms with Crippen molar-refractivity contribution in [1.82, 2.24) is 4.57 Å². The van der Waals surface area contributed by atoms with Crippen LogP contribution in [0.15, 0.2) is 18.3 Å². The molecule has 0 radical (unpaired) electrons. The zero-order valence-corrected chi connectivity index (χ0v) is 6.17. The van der Waals surface area contributed by atoms with Gasteiger partial charge in [0, 0.05) is 18.9 Å². The van der Waals surface area contributed by atoms with E-state index in [0.29, 0.717) is 0 Å². The maximum absolute atomic E-state index is 2.24. The number of aryl methyl sites for hydroxylation is 1. The van der Waals surface area contributed by atoms with E-state index in [0.717, 1.165) is 0 Å². The largest absolute Gasteiger partial charge is 0.354 e. The summed E-state index contributed by atoms with van der Waals surface area (Å²) < 4.78 is 2.21. The number of hydrogen-bond donors (Lipinski definition) is 0. The Hall–Kier alpha value is -0.980. The Labute approximate surface area is 61.0 Å². The highest BCUT2D eigenvalue weighted by molar-refractivity contribution is 5.54. The average molecular weight is 133 g/mol. The summed E-state index contributed by atoms with van der Waals surface area (Å²) in [5, 5.41) is 0. The molecule has 1 aromatic rings. The molecule has 10 heavy (non-hydrogen) atoms.